The van der Waals surface area contributed by atoms with E-state index in [1.165, 1.54) is 10.8 Å². The average Bonchev–Trinajstić information content (AvgIpc) is 3.89. The molecule has 0 bridgehead atoms. The number of rotatable bonds is 4. The number of para-hydroxylation sites is 5. The van der Waals surface area contributed by atoms with E-state index in [2.05, 4.69) is 158 Å². The summed E-state index contributed by atoms with van der Waals surface area (Å²) in [5.41, 5.74) is 12.5. The zero-order valence-electron chi connectivity index (χ0n) is 29.5. The van der Waals surface area contributed by atoms with E-state index in [0.717, 1.165) is 82.8 Å². The van der Waals surface area contributed by atoms with Crippen LogP contribution in [0.15, 0.2) is 176 Å². The lowest BCUT2D eigenvalue weighted by Gasteiger charge is -2.17. The monoisotopic (exact) mass is 699 g/mol. The van der Waals surface area contributed by atoms with E-state index in [9.17, 15) is 5.26 Å². The van der Waals surface area contributed by atoms with Crippen molar-refractivity contribution < 1.29 is 0 Å². The second-order valence-electron chi connectivity index (χ2n) is 13.9. The van der Waals surface area contributed by atoms with Crippen LogP contribution in [-0.2, 0) is 0 Å². The Morgan fingerprint density at radius 2 is 0.909 bits per heavy atom. The highest BCUT2D eigenvalue weighted by molar-refractivity contribution is 6.17. The Morgan fingerprint density at radius 3 is 1.58 bits per heavy atom. The van der Waals surface area contributed by atoms with Crippen molar-refractivity contribution >= 4 is 71.1 Å². The maximum atomic E-state index is 10.6. The van der Waals surface area contributed by atoms with Gasteiger partial charge in [0.1, 0.15) is 0 Å². The van der Waals surface area contributed by atoms with Crippen LogP contribution < -0.4 is 0 Å². The highest BCUT2D eigenvalue weighted by Gasteiger charge is 2.22. The Balaban J connectivity index is 1.19. The first-order valence-electron chi connectivity index (χ1n) is 18.3. The van der Waals surface area contributed by atoms with Gasteiger partial charge in [-0.25, -0.2) is 4.85 Å². The summed E-state index contributed by atoms with van der Waals surface area (Å²) in [6, 6.07) is 63.6. The summed E-state index contributed by atoms with van der Waals surface area (Å²) in [5.74, 6) is 0. The number of benzene rings is 8. The summed E-state index contributed by atoms with van der Waals surface area (Å²) in [4.78, 5) is 3.88. The third-order valence-corrected chi connectivity index (χ3v) is 11.1. The quantitative estimate of drug-likeness (QED) is 0.169. The van der Waals surface area contributed by atoms with Crippen LogP contribution in [0, 0.1) is 17.9 Å². The normalized spacial score (nSPS) is 11.6. The van der Waals surface area contributed by atoms with Gasteiger partial charge in [0.2, 0.25) is 0 Å². The van der Waals surface area contributed by atoms with Gasteiger partial charge < -0.3 is 13.7 Å². The molecule has 0 saturated carbocycles. The van der Waals surface area contributed by atoms with E-state index >= 15 is 0 Å². The summed E-state index contributed by atoms with van der Waals surface area (Å²) < 4.78 is 6.97. The van der Waals surface area contributed by atoms with Gasteiger partial charge in [-0.05, 0) is 72.1 Å². The molecule has 0 spiro atoms. The molecule has 0 amide bonds. The van der Waals surface area contributed by atoms with Gasteiger partial charge in [0.15, 0.2) is 5.69 Å². The van der Waals surface area contributed by atoms with Crippen molar-refractivity contribution in [1.82, 2.24) is 13.7 Å². The van der Waals surface area contributed by atoms with Gasteiger partial charge in [-0.2, -0.15) is 5.26 Å². The largest absolute Gasteiger partial charge is 0.311 e. The van der Waals surface area contributed by atoms with Crippen LogP contribution in [0.3, 0.4) is 0 Å². The van der Waals surface area contributed by atoms with E-state index in [0.29, 0.717) is 11.3 Å². The summed E-state index contributed by atoms with van der Waals surface area (Å²) in [6.45, 7) is 7.92. The van der Waals surface area contributed by atoms with E-state index in [-0.39, 0.29) is 0 Å². The molecular weight excluding hydrogens is 671 g/mol. The first kappa shape index (κ1) is 30.7. The van der Waals surface area contributed by atoms with Gasteiger partial charge in [-0.1, -0.05) is 109 Å². The fourth-order valence-electron chi connectivity index (χ4n) is 8.89. The van der Waals surface area contributed by atoms with E-state index < -0.39 is 0 Å². The Hall–Kier alpha value is -7.86. The molecule has 3 aromatic heterocycles. The lowest BCUT2D eigenvalue weighted by molar-refractivity contribution is 1.16. The highest BCUT2D eigenvalue weighted by atomic mass is 15.0. The van der Waals surface area contributed by atoms with Crippen LogP contribution in [0.4, 0.5) is 5.69 Å². The van der Waals surface area contributed by atoms with Crippen LogP contribution >= 0.6 is 0 Å². The minimum absolute atomic E-state index is 0.588. The van der Waals surface area contributed by atoms with Gasteiger partial charge in [0.05, 0.1) is 57.2 Å². The van der Waals surface area contributed by atoms with E-state index in [1.807, 2.05) is 42.5 Å². The summed E-state index contributed by atoms with van der Waals surface area (Å²) in [7, 11) is 0. The van der Waals surface area contributed by atoms with Gasteiger partial charge >= 0.3 is 0 Å². The number of nitrogens with zero attached hydrogens (tertiary/aromatic N) is 5. The van der Waals surface area contributed by atoms with E-state index in [4.69, 9.17) is 6.57 Å². The molecule has 0 saturated heterocycles. The van der Waals surface area contributed by atoms with Gasteiger partial charge in [0.25, 0.3) is 0 Å². The number of hydrogen-bond donors (Lipinski definition) is 0. The summed E-state index contributed by atoms with van der Waals surface area (Å²) in [6.07, 6.45) is 0. The molecule has 55 heavy (non-hydrogen) atoms. The first-order valence-corrected chi connectivity index (χ1v) is 18.3. The van der Waals surface area contributed by atoms with Crippen LogP contribution in [-0.4, -0.2) is 13.7 Å². The second kappa shape index (κ2) is 11.8. The fourth-order valence-corrected chi connectivity index (χ4v) is 8.89. The molecule has 5 heteroatoms. The topological polar surface area (TPSA) is 42.9 Å². The molecule has 8 aromatic carbocycles. The lowest BCUT2D eigenvalue weighted by Crippen LogP contribution is -2.00. The predicted octanol–water partition coefficient (Wildman–Crippen LogP) is 13.1. The first-order chi connectivity index (χ1) is 27.2. The van der Waals surface area contributed by atoms with Crippen molar-refractivity contribution in [2.24, 2.45) is 0 Å². The third-order valence-electron chi connectivity index (χ3n) is 11.1. The smallest absolute Gasteiger partial charge is 0.197 e. The van der Waals surface area contributed by atoms with Gasteiger partial charge in [-0.3, -0.25) is 0 Å². The molecule has 0 aliphatic rings. The van der Waals surface area contributed by atoms with Crippen molar-refractivity contribution in [2.45, 2.75) is 0 Å². The summed E-state index contributed by atoms with van der Waals surface area (Å²) >= 11 is 0. The Labute approximate surface area is 316 Å². The number of nitriles is 1. The lowest BCUT2D eigenvalue weighted by atomic mass is 9.97. The highest BCUT2D eigenvalue weighted by Crippen LogP contribution is 2.43. The van der Waals surface area contributed by atoms with Crippen LogP contribution in [0.25, 0.3) is 98.5 Å². The zero-order valence-corrected chi connectivity index (χ0v) is 29.5. The molecule has 11 aromatic rings. The number of fused-ring (bicyclic) bond motifs is 9. The Kier molecular flexibility index (Phi) is 6.61. The van der Waals surface area contributed by atoms with Crippen LogP contribution in [0.1, 0.15) is 5.56 Å². The molecule has 0 aliphatic carbocycles. The standard InChI is InChI=1S/C50H29N5/c1-52-40-19-12-25-46-49(40)37-17-5-10-23-44(37)53(46)33-29-28-32(31-51)39(30-33)36-16-4-9-22-43(36)55-45-24-11-6-18-38(45)50-47(26-13-27-48(50)55)54-41-20-7-2-14-34(41)35-15-3-8-21-42(35)54/h2-30H. The Bertz CT molecular complexity index is 3420. The fraction of sp³-hybridized carbons (Fsp3) is 0. The van der Waals surface area contributed by atoms with Crippen LogP contribution in [0.5, 0.6) is 0 Å². The van der Waals surface area contributed by atoms with Crippen molar-refractivity contribution in [2.75, 3.05) is 0 Å². The zero-order chi connectivity index (χ0) is 36.6. The predicted molar refractivity (Wildman–Crippen MR) is 226 cm³/mol. The molecule has 0 N–H and O–H groups in total. The number of hydrogen-bond acceptors (Lipinski definition) is 1. The van der Waals surface area contributed by atoms with Crippen molar-refractivity contribution in [1.29, 1.82) is 5.26 Å². The minimum Gasteiger partial charge on any atom is -0.311 e. The number of aromatic nitrogens is 3. The third kappa shape index (κ3) is 4.33. The van der Waals surface area contributed by atoms with Crippen molar-refractivity contribution in [3.8, 4) is 34.3 Å². The molecule has 0 fully saturated rings. The van der Waals surface area contributed by atoms with Gasteiger partial charge in [-0.15, -0.1) is 0 Å². The maximum absolute atomic E-state index is 10.6. The van der Waals surface area contributed by atoms with Gasteiger partial charge in [0, 0.05) is 49.3 Å². The maximum Gasteiger partial charge on any atom is 0.197 e. The van der Waals surface area contributed by atoms with E-state index in [1.54, 1.807) is 0 Å². The minimum atomic E-state index is 0.588. The second-order valence-corrected chi connectivity index (χ2v) is 13.9. The van der Waals surface area contributed by atoms with Crippen molar-refractivity contribution in [3.63, 3.8) is 0 Å². The van der Waals surface area contributed by atoms with Crippen LogP contribution in [0.2, 0.25) is 0 Å². The molecule has 11 rings (SSSR count). The molecule has 0 aliphatic heterocycles. The van der Waals surface area contributed by atoms with Crippen molar-refractivity contribution in [3.05, 3.63) is 193 Å². The average molecular weight is 700 g/mol. The molecule has 5 nitrogen and oxygen atoms in total. The molecule has 3 heterocycles. The molecule has 0 atom stereocenters. The molecule has 0 radical (unpaired) electrons. The molecule has 254 valence electrons. The summed E-state index contributed by atoms with van der Waals surface area (Å²) in [5, 5.41) is 17.3. The molecule has 0 unspecified atom stereocenters. The Morgan fingerprint density at radius 1 is 0.418 bits per heavy atom. The SMILES string of the molecule is [C-]#[N+]c1cccc2c1c1ccccc1n2-c1ccc(C#N)c(-c2ccccc2-n2c3ccccc3c3c(-n4c5ccccc5c5ccccc54)cccc32)c1. The molecular formula is C50H29N5.